The molecule has 0 bridgehead atoms. The molecule has 22 heavy (non-hydrogen) atoms. The summed E-state index contributed by atoms with van der Waals surface area (Å²) in [5, 5.41) is 12.3. The number of hydrogen-bond donors (Lipinski definition) is 2. The van der Waals surface area contributed by atoms with Gasteiger partial charge in [0.25, 0.3) is 0 Å². The van der Waals surface area contributed by atoms with Crippen molar-refractivity contribution in [2.75, 3.05) is 18.2 Å². The summed E-state index contributed by atoms with van der Waals surface area (Å²) in [7, 11) is 0. The van der Waals surface area contributed by atoms with Gasteiger partial charge < -0.3 is 15.3 Å². The number of carboxylic acids is 1. The molecule has 1 heterocycles. The first kappa shape index (κ1) is 15.6. The van der Waals surface area contributed by atoms with Gasteiger partial charge in [-0.1, -0.05) is 6.42 Å². The Balaban J connectivity index is 1.58. The maximum absolute atomic E-state index is 12.5. The average molecular weight is 326 g/mol. The number of nitrogens with zero attached hydrogens (tertiary/aromatic N) is 1. The second kappa shape index (κ2) is 6.10. The van der Waals surface area contributed by atoms with Crippen LogP contribution in [-0.2, 0) is 14.4 Å². The fraction of sp³-hybridized carbons (Fsp3) is 0.800. The molecule has 6 nitrogen and oxygen atoms in total. The van der Waals surface area contributed by atoms with Crippen LogP contribution >= 0.6 is 11.8 Å². The van der Waals surface area contributed by atoms with Gasteiger partial charge in [0, 0.05) is 18.7 Å². The minimum atomic E-state index is -0.890. The maximum Gasteiger partial charge on any atom is 0.310 e. The Morgan fingerprint density at radius 2 is 2.00 bits per heavy atom. The van der Waals surface area contributed by atoms with Gasteiger partial charge in [-0.3, -0.25) is 14.4 Å². The van der Waals surface area contributed by atoms with Gasteiger partial charge in [0.2, 0.25) is 11.8 Å². The Hall–Kier alpha value is -1.24. The predicted octanol–water partition coefficient (Wildman–Crippen LogP) is 1.06. The van der Waals surface area contributed by atoms with Crippen LogP contribution in [0.4, 0.5) is 0 Å². The molecular formula is C15H22N2O4S. The Morgan fingerprint density at radius 3 is 2.55 bits per heavy atom. The molecule has 3 fully saturated rings. The SMILES string of the molecule is O=C(NCC1CC1)C1CSCN1C(=O)CC1(C(=O)O)CCC1. The smallest absolute Gasteiger partial charge is 0.310 e. The van der Waals surface area contributed by atoms with Crippen LogP contribution in [0.15, 0.2) is 0 Å². The van der Waals surface area contributed by atoms with E-state index in [1.807, 2.05) is 0 Å². The zero-order valence-electron chi connectivity index (χ0n) is 12.5. The Morgan fingerprint density at radius 1 is 1.27 bits per heavy atom. The lowest BCUT2D eigenvalue weighted by molar-refractivity contribution is -0.160. The van der Waals surface area contributed by atoms with E-state index < -0.39 is 17.4 Å². The van der Waals surface area contributed by atoms with Crippen molar-refractivity contribution in [3.8, 4) is 0 Å². The third kappa shape index (κ3) is 3.09. The van der Waals surface area contributed by atoms with E-state index in [1.165, 1.54) is 12.8 Å². The molecule has 2 N–H and O–H groups in total. The summed E-state index contributed by atoms with van der Waals surface area (Å²) in [6, 6.07) is -0.442. The van der Waals surface area contributed by atoms with E-state index in [1.54, 1.807) is 16.7 Å². The molecule has 0 aromatic heterocycles. The summed E-state index contributed by atoms with van der Waals surface area (Å²) < 4.78 is 0. The molecule has 0 aromatic rings. The minimum absolute atomic E-state index is 0.0231. The molecule has 2 amide bonds. The highest BCUT2D eigenvalue weighted by molar-refractivity contribution is 7.99. The average Bonchev–Trinajstić information content (AvgIpc) is 3.13. The third-order valence-corrected chi connectivity index (χ3v) is 6.03. The lowest BCUT2D eigenvalue weighted by Crippen LogP contribution is -2.50. The number of rotatable bonds is 6. The molecule has 0 spiro atoms. The van der Waals surface area contributed by atoms with E-state index in [-0.39, 0.29) is 18.2 Å². The fourth-order valence-corrected chi connectivity index (χ4v) is 4.23. The van der Waals surface area contributed by atoms with E-state index in [0.29, 0.717) is 36.9 Å². The topological polar surface area (TPSA) is 86.7 Å². The largest absolute Gasteiger partial charge is 0.481 e. The molecule has 3 aliphatic rings. The Labute approximate surface area is 134 Å². The van der Waals surface area contributed by atoms with Crippen molar-refractivity contribution in [2.45, 2.75) is 44.6 Å². The summed E-state index contributed by atoms with van der Waals surface area (Å²) in [5.41, 5.74) is -0.890. The molecule has 0 aromatic carbocycles. The van der Waals surface area contributed by atoms with Gasteiger partial charge in [-0.15, -0.1) is 11.8 Å². The molecule has 0 radical (unpaired) electrons. The second-order valence-corrected chi connectivity index (χ2v) is 7.68. The summed E-state index contributed by atoms with van der Waals surface area (Å²) in [4.78, 5) is 37.7. The van der Waals surface area contributed by atoms with Gasteiger partial charge in [0.1, 0.15) is 6.04 Å². The number of carbonyl (C=O) groups excluding carboxylic acids is 2. The fourth-order valence-electron chi connectivity index (χ4n) is 3.05. The molecule has 7 heteroatoms. The summed E-state index contributed by atoms with van der Waals surface area (Å²) in [5.74, 6) is 0.515. The molecule has 3 rings (SSSR count). The van der Waals surface area contributed by atoms with E-state index in [4.69, 9.17) is 0 Å². The van der Waals surface area contributed by atoms with Crippen molar-refractivity contribution in [3.05, 3.63) is 0 Å². The van der Waals surface area contributed by atoms with Gasteiger partial charge in [-0.05, 0) is 31.6 Å². The molecule has 1 unspecified atom stereocenters. The highest BCUT2D eigenvalue weighted by atomic mass is 32.2. The van der Waals surface area contributed by atoms with Crippen LogP contribution in [0.5, 0.6) is 0 Å². The van der Waals surface area contributed by atoms with E-state index in [9.17, 15) is 19.5 Å². The molecule has 2 aliphatic carbocycles. The summed E-state index contributed by atoms with van der Waals surface area (Å²) >= 11 is 1.55. The molecule has 2 saturated carbocycles. The highest BCUT2D eigenvalue weighted by Crippen LogP contribution is 2.45. The lowest BCUT2D eigenvalue weighted by atomic mass is 9.66. The number of amides is 2. The van der Waals surface area contributed by atoms with Gasteiger partial charge in [-0.25, -0.2) is 0 Å². The van der Waals surface area contributed by atoms with Crippen LogP contribution in [0.1, 0.15) is 38.5 Å². The van der Waals surface area contributed by atoms with Crippen LogP contribution < -0.4 is 5.32 Å². The van der Waals surface area contributed by atoms with Crippen LogP contribution in [-0.4, -0.2) is 52.0 Å². The first-order chi connectivity index (χ1) is 10.5. The summed E-state index contributed by atoms with van der Waals surface area (Å²) in [6.45, 7) is 0.696. The van der Waals surface area contributed by atoms with E-state index in [0.717, 1.165) is 6.42 Å². The van der Waals surface area contributed by atoms with Gasteiger partial charge >= 0.3 is 5.97 Å². The normalized spacial score (nSPS) is 26.4. The first-order valence-electron chi connectivity index (χ1n) is 7.90. The van der Waals surface area contributed by atoms with Crippen LogP contribution in [0.25, 0.3) is 0 Å². The van der Waals surface area contributed by atoms with Crippen molar-refractivity contribution in [3.63, 3.8) is 0 Å². The molecule has 1 atom stereocenters. The highest BCUT2D eigenvalue weighted by Gasteiger charge is 2.48. The second-order valence-electron chi connectivity index (χ2n) is 6.68. The number of hydrogen-bond acceptors (Lipinski definition) is 4. The van der Waals surface area contributed by atoms with Crippen LogP contribution in [0.3, 0.4) is 0 Å². The van der Waals surface area contributed by atoms with Crippen molar-refractivity contribution in [1.82, 2.24) is 10.2 Å². The van der Waals surface area contributed by atoms with Crippen molar-refractivity contribution >= 4 is 29.5 Å². The Bertz CT molecular complexity index is 488. The number of carboxylic acid groups (broad SMARTS) is 1. The predicted molar refractivity (Wildman–Crippen MR) is 82.2 cm³/mol. The van der Waals surface area contributed by atoms with Gasteiger partial charge in [0.05, 0.1) is 11.3 Å². The first-order valence-corrected chi connectivity index (χ1v) is 9.06. The van der Waals surface area contributed by atoms with Crippen molar-refractivity contribution in [2.24, 2.45) is 11.3 Å². The number of carbonyl (C=O) groups is 3. The van der Waals surface area contributed by atoms with E-state index in [2.05, 4.69) is 5.32 Å². The zero-order valence-corrected chi connectivity index (χ0v) is 13.4. The van der Waals surface area contributed by atoms with Gasteiger partial charge in [0.15, 0.2) is 0 Å². The lowest BCUT2D eigenvalue weighted by Gasteiger charge is -2.38. The monoisotopic (exact) mass is 326 g/mol. The zero-order chi connectivity index (χ0) is 15.7. The molecule has 1 aliphatic heterocycles. The van der Waals surface area contributed by atoms with Gasteiger partial charge in [-0.2, -0.15) is 0 Å². The molecule has 122 valence electrons. The number of thioether (sulfide) groups is 1. The van der Waals surface area contributed by atoms with Crippen LogP contribution in [0, 0.1) is 11.3 Å². The minimum Gasteiger partial charge on any atom is -0.481 e. The maximum atomic E-state index is 12.5. The quantitative estimate of drug-likeness (QED) is 0.762. The van der Waals surface area contributed by atoms with E-state index >= 15 is 0 Å². The third-order valence-electron chi connectivity index (χ3n) is 5.02. The number of aliphatic carboxylic acids is 1. The van der Waals surface area contributed by atoms with Crippen molar-refractivity contribution in [1.29, 1.82) is 0 Å². The van der Waals surface area contributed by atoms with Crippen molar-refractivity contribution < 1.29 is 19.5 Å². The molecular weight excluding hydrogens is 304 g/mol. The molecule has 1 saturated heterocycles. The summed E-state index contributed by atoms with van der Waals surface area (Å²) in [6.07, 6.45) is 4.35. The number of nitrogens with one attached hydrogen (secondary N) is 1. The van der Waals surface area contributed by atoms with Crippen LogP contribution in [0.2, 0.25) is 0 Å². The Kier molecular flexibility index (Phi) is 4.34. The standard InChI is InChI=1S/C15H22N2O4S/c18-12(6-15(14(20)21)4-1-5-15)17-9-22-8-11(17)13(19)16-7-10-2-3-10/h10-11H,1-9H2,(H,16,19)(H,20,21).